The van der Waals surface area contributed by atoms with Crippen LogP contribution in [0.3, 0.4) is 0 Å². The first kappa shape index (κ1) is 21.1. The van der Waals surface area contributed by atoms with Crippen molar-refractivity contribution in [3.63, 3.8) is 0 Å². The second-order valence-corrected chi connectivity index (χ2v) is 9.73. The van der Waals surface area contributed by atoms with Gasteiger partial charge in [0.1, 0.15) is 5.00 Å². The van der Waals surface area contributed by atoms with Crippen molar-refractivity contribution < 1.29 is 8.42 Å². The highest BCUT2D eigenvalue weighted by Crippen LogP contribution is 2.40. The SMILES string of the molecule is CCC(Cl)(c1ccccc1C)N(C)S(=O)(=O)c1ccc(N2CCNCC2)cc1. The summed E-state index contributed by atoms with van der Waals surface area (Å²) in [5, 5.41) is 3.32. The monoisotopic (exact) mass is 421 g/mol. The van der Waals surface area contributed by atoms with Crippen LogP contribution in [0.15, 0.2) is 53.4 Å². The normalized spacial score (nSPS) is 17.5. The van der Waals surface area contributed by atoms with E-state index in [1.54, 1.807) is 19.2 Å². The maximum Gasteiger partial charge on any atom is 0.244 e. The first-order chi connectivity index (χ1) is 13.3. The Bertz CT molecular complexity index is 912. The highest BCUT2D eigenvalue weighted by Gasteiger charge is 2.41. The Balaban J connectivity index is 1.91. The summed E-state index contributed by atoms with van der Waals surface area (Å²) in [5.74, 6) is 0. The number of nitrogens with one attached hydrogen (secondary N) is 1. The zero-order valence-corrected chi connectivity index (χ0v) is 18.2. The lowest BCUT2D eigenvalue weighted by Gasteiger charge is -2.36. The van der Waals surface area contributed by atoms with E-state index in [1.807, 2.05) is 50.2 Å². The molecule has 0 aliphatic carbocycles. The van der Waals surface area contributed by atoms with E-state index in [-0.39, 0.29) is 4.90 Å². The van der Waals surface area contributed by atoms with Gasteiger partial charge in [0.05, 0.1) is 4.90 Å². The molecule has 0 saturated carbocycles. The van der Waals surface area contributed by atoms with Crippen LogP contribution in [-0.4, -0.2) is 45.9 Å². The molecule has 2 aromatic rings. The Morgan fingerprint density at radius 2 is 1.71 bits per heavy atom. The van der Waals surface area contributed by atoms with Crippen LogP contribution < -0.4 is 10.2 Å². The van der Waals surface area contributed by atoms with Gasteiger partial charge in [0.15, 0.2) is 0 Å². The van der Waals surface area contributed by atoms with Crippen LogP contribution in [0.1, 0.15) is 24.5 Å². The molecule has 1 atom stereocenters. The molecule has 0 aromatic heterocycles. The number of hydrogen-bond donors (Lipinski definition) is 1. The van der Waals surface area contributed by atoms with Gasteiger partial charge in [0.2, 0.25) is 10.0 Å². The van der Waals surface area contributed by atoms with Crippen molar-refractivity contribution in [2.24, 2.45) is 0 Å². The Labute approximate surface area is 173 Å². The molecule has 1 fully saturated rings. The molecular formula is C21H28ClN3O2S. The molecule has 152 valence electrons. The number of nitrogens with zero attached hydrogens (tertiary/aromatic N) is 2. The van der Waals surface area contributed by atoms with E-state index in [0.717, 1.165) is 43.0 Å². The third-order valence-corrected chi connectivity index (χ3v) is 8.23. The van der Waals surface area contributed by atoms with Crippen molar-refractivity contribution in [3.05, 3.63) is 59.7 Å². The first-order valence-electron chi connectivity index (χ1n) is 9.60. The molecule has 7 heteroatoms. The van der Waals surface area contributed by atoms with Gasteiger partial charge in [-0.15, -0.1) is 0 Å². The van der Waals surface area contributed by atoms with Gasteiger partial charge in [0.25, 0.3) is 0 Å². The molecular weight excluding hydrogens is 394 g/mol. The van der Waals surface area contributed by atoms with Gasteiger partial charge in [0, 0.05) is 38.9 Å². The van der Waals surface area contributed by atoms with Crippen molar-refractivity contribution in [1.29, 1.82) is 0 Å². The van der Waals surface area contributed by atoms with Crippen LogP contribution in [-0.2, 0) is 15.0 Å². The Hall–Kier alpha value is -1.60. The van der Waals surface area contributed by atoms with Crippen molar-refractivity contribution in [2.45, 2.75) is 30.2 Å². The van der Waals surface area contributed by atoms with Crippen molar-refractivity contribution >= 4 is 27.3 Å². The summed E-state index contributed by atoms with van der Waals surface area (Å²) in [6.45, 7) is 7.55. The van der Waals surface area contributed by atoms with Gasteiger partial charge in [-0.3, -0.25) is 0 Å². The number of hydrogen-bond acceptors (Lipinski definition) is 4. The highest BCUT2D eigenvalue weighted by atomic mass is 35.5. The second kappa shape index (κ2) is 8.41. The van der Waals surface area contributed by atoms with Crippen molar-refractivity contribution in [3.8, 4) is 0 Å². The van der Waals surface area contributed by atoms with Crippen molar-refractivity contribution in [2.75, 3.05) is 38.1 Å². The van der Waals surface area contributed by atoms with Gasteiger partial charge in [-0.2, -0.15) is 4.31 Å². The number of anilines is 1. The summed E-state index contributed by atoms with van der Waals surface area (Å²) in [6.07, 6.45) is 0.452. The Morgan fingerprint density at radius 3 is 2.29 bits per heavy atom. The van der Waals surface area contributed by atoms with Gasteiger partial charge >= 0.3 is 0 Å². The number of sulfonamides is 1. The quantitative estimate of drug-likeness (QED) is 0.572. The molecule has 1 unspecified atom stereocenters. The average Bonchev–Trinajstić information content (AvgIpc) is 2.73. The van der Waals surface area contributed by atoms with Gasteiger partial charge < -0.3 is 10.2 Å². The predicted octanol–water partition coefficient (Wildman–Crippen LogP) is 3.53. The van der Waals surface area contributed by atoms with Gasteiger partial charge in [-0.25, -0.2) is 8.42 Å². The zero-order valence-electron chi connectivity index (χ0n) is 16.7. The number of aryl methyl sites for hydroxylation is 1. The maximum atomic E-state index is 13.3. The number of alkyl halides is 1. The van der Waals surface area contributed by atoms with Crippen LogP contribution >= 0.6 is 11.6 Å². The molecule has 1 aliphatic rings. The summed E-state index contributed by atoms with van der Waals surface area (Å²) in [4.78, 5) is 1.37. The molecule has 1 N–H and O–H groups in total. The number of rotatable bonds is 6. The van der Waals surface area contributed by atoms with E-state index < -0.39 is 15.0 Å². The van der Waals surface area contributed by atoms with E-state index in [1.165, 1.54) is 4.31 Å². The van der Waals surface area contributed by atoms with E-state index in [0.29, 0.717) is 6.42 Å². The van der Waals surface area contributed by atoms with Crippen LogP contribution in [0.25, 0.3) is 0 Å². The zero-order chi connectivity index (χ0) is 20.4. The topological polar surface area (TPSA) is 52.7 Å². The number of halogens is 1. The van der Waals surface area contributed by atoms with E-state index in [2.05, 4.69) is 10.2 Å². The molecule has 2 aromatic carbocycles. The summed E-state index contributed by atoms with van der Waals surface area (Å²) in [6, 6.07) is 14.8. The van der Waals surface area contributed by atoms with Crippen LogP contribution in [0, 0.1) is 6.92 Å². The second-order valence-electron chi connectivity index (χ2n) is 7.13. The first-order valence-corrected chi connectivity index (χ1v) is 11.4. The molecule has 1 aliphatic heterocycles. The smallest absolute Gasteiger partial charge is 0.244 e. The standard InChI is InChI=1S/C21H28ClN3O2S/c1-4-21(22,20-8-6-5-7-17(20)2)24(3)28(26,27)19-11-9-18(10-12-19)25-15-13-23-14-16-25/h5-12,23H,4,13-16H2,1-3H3. The lowest BCUT2D eigenvalue weighted by Crippen LogP contribution is -2.44. The van der Waals surface area contributed by atoms with E-state index in [9.17, 15) is 8.42 Å². The molecule has 0 radical (unpaired) electrons. The summed E-state index contributed by atoms with van der Waals surface area (Å²) >= 11 is 6.92. The minimum absolute atomic E-state index is 0.251. The van der Waals surface area contributed by atoms with Gasteiger partial charge in [-0.05, 0) is 48.7 Å². The molecule has 5 nitrogen and oxygen atoms in total. The lowest BCUT2D eigenvalue weighted by atomic mass is 9.99. The van der Waals surface area contributed by atoms with Crippen LogP contribution in [0.4, 0.5) is 5.69 Å². The van der Waals surface area contributed by atoms with Crippen LogP contribution in [0.5, 0.6) is 0 Å². The Kier molecular flexibility index (Phi) is 6.34. The van der Waals surface area contributed by atoms with Crippen molar-refractivity contribution in [1.82, 2.24) is 9.62 Å². The van der Waals surface area contributed by atoms with Gasteiger partial charge in [-0.1, -0.05) is 42.8 Å². The summed E-state index contributed by atoms with van der Waals surface area (Å²) < 4.78 is 28.0. The third kappa shape index (κ3) is 3.92. The lowest BCUT2D eigenvalue weighted by molar-refractivity contribution is 0.316. The average molecular weight is 422 g/mol. The van der Waals surface area contributed by atoms with Crippen LogP contribution in [0.2, 0.25) is 0 Å². The number of piperazine rings is 1. The fourth-order valence-electron chi connectivity index (χ4n) is 3.69. The molecule has 0 spiro atoms. The summed E-state index contributed by atoms with van der Waals surface area (Å²) in [5.41, 5.74) is 2.81. The van der Waals surface area contributed by atoms with E-state index >= 15 is 0 Å². The molecule has 0 amide bonds. The molecule has 1 saturated heterocycles. The molecule has 0 bridgehead atoms. The minimum atomic E-state index is -3.75. The highest BCUT2D eigenvalue weighted by molar-refractivity contribution is 7.89. The third-order valence-electron chi connectivity index (χ3n) is 5.50. The number of benzene rings is 2. The summed E-state index contributed by atoms with van der Waals surface area (Å²) in [7, 11) is -2.19. The molecule has 3 rings (SSSR count). The molecule has 28 heavy (non-hydrogen) atoms. The minimum Gasteiger partial charge on any atom is -0.369 e. The fourth-order valence-corrected chi connectivity index (χ4v) is 5.58. The fraction of sp³-hybridized carbons (Fsp3) is 0.429. The predicted molar refractivity (Wildman–Crippen MR) is 115 cm³/mol. The Morgan fingerprint density at radius 1 is 1.11 bits per heavy atom. The maximum absolute atomic E-state index is 13.3. The largest absolute Gasteiger partial charge is 0.369 e. The van der Waals surface area contributed by atoms with E-state index in [4.69, 9.17) is 11.6 Å². The molecule has 1 heterocycles.